The fourth-order valence-electron chi connectivity index (χ4n) is 2.68. The number of rotatable bonds is 8. The molecule has 0 aromatic heterocycles. The van der Waals surface area contributed by atoms with E-state index in [1.54, 1.807) is 0 Å². The molecule has 0 saturated carbocycles. The molecule has 0 aliphatic carbocycles. The lowest BCUT2D eigenvalue weighted by Gasteiger charge is -2.17. The minimum Gasteiger partial charge on any atom is -0.309 e. The van der Waals surface area contributed by atoms with Gasteiger partial charge in [0.2, 0.25) is 0 Å². The lowest BCUT2D eigenvalue weighted by Crippen LogP contribution is -2.14. The van der Waals surface area contributed by atoms with Crippen LogP contribution >= 0.6 is 7.14 Å². The Hall–Kier alpha value is -1.59. The van der Waals surface area contributed by atoms with Crippen LogP contribution in [0.25, 0.3) is 0 Å². The highest BCUT2D eigenvalue weighted by atomic mass is 31.2. The molecule has 0 aliphatic rings. The Bertz CT molecular complexity index is 664. The van der Waals surface area contributed by atoms with Crippen molar-refractivity contribution in [3.63, 3.8) is 0 Å². The van der Waals surface area contributed by atoms with E-state index in [0.717, 1.165) is 48.3 Å². The van der Waals surface area contributed by atoms with Gasteiger partial charge in [-0.25, -0.2) is 0 Å². The Morgan fingerprint density at radius 3 is 1.91 bits per heavy atom. The molecule has 0 heterocycles. The van der Waals surface area contributed by atoms with Crippen molar-refractivity contribution in [3.05, 3.63) is 72.0 Å². The van der Waals surface area contributed by atoms with Crippen molar-refractivity contribution < 1.29 is 5.94 Å². The zero-order valence-electron chi connectivity index (χ0n) is 15.2. The van der Waals surface area contributed by atoms with E-state index in [0.29, 0.717) is 5.79 Å². The van der Waals surface area contributed by atoms with Crippen molar-refractivity contribution in [2.24, 2.45) is 0 Å². The average Bonchev–Trinajstić information content (AvgIpc) is 2.65. The Kier molecular flexibility index (Phi) is 6.29. The van der Waals surface area contributed by atoms with Crippen LogP contribution in [0.15, 0.2) is 72.0 Å². The van der Waals surface area contributed by atoms with Crippen LogP contribution in [0.1, 0.15) is 47.3 Å². The Morgan fingerprint density at radius 2 is 1.48 bits per heavy atom. The molecule has 0 unspecified atom stereocenters. The van der Waals surface area contributed by atoms with E-state index >= 15 is 0 Å². The summed E-state index contributed by atoms with van der Waals surface area (Å²) in [6, 6.07) is 19.0. The van der Waals surface area contributed by atoms with Gasteiger partial charge in [0.25, 0.3) is 0 Å². The van der Waals surface area contributed by atoms with Gasteiger partial charge >= 0.3 is 0 Å². The molecule has 0 bridgehead atoms. The van der Waals surface area contributed by atoms with Crippen LogP contribution in [0.5, 0.6) is 0 Å². The first-order valence-electron chi connectivity index (χ1n) is 9.05. The summed E-state index contributed by atoms with van der Waals surface area (Å²) in [7, 11) is -3.09. The monoisotopic (exact) mass is 327 g/mol. The summed E-state index contributed by atoms with van der Waals surface area (Å²) in [5, 5.41) is 1.50. The maximum atomic E-state index is 14.1. The van der Waals surface area contributed by atoms with Crippen LogP contribution in [0.3, 0.4) is 0 Å². The van der Waals surface area contributed by atoms with Crippen LogP contribution in [-0.2, 0) is 4.57 Å². The molecule has 2 heteroatoms. The molecule has 0 amide bonds. The number of hydrogen-bond acceptors (Lipinski definition) is 1. The van der Waals surface area contributed by atoms with Crippen LogP contribution < -0.4 is 10.6 Å². The molecule has 0 saturated heterocycles. The molecule has 1 nitrogen and oxygen atoms in total. The van der Waals surface area contributed by atoms with Crippen LogP contribution in [0.4, 0.5) is 0 Å². The maximum absolute atomic E-state index is 14.1. The Balaban J connectivity index is 2.56. The van der Waals surface area contributed by atoms with Crippen molar-refractivity contribution in [2.45, 2.75) is 46.0 Å². The highest BCUT2D eigenvalue weighted by molar-refractivity contribution is 7.81. The normalized spacial score (nSPS) is 13.4. The first kappa shape index (κ1) is 16.3. The largest absolute Gasteiger partial charge is 0.309 e. The van der Waals surface area contributed by atoms with Gasteiger partial charge in [0, 0.05) is 10.6 Å². The van der Waals surface area contributed by atoms with Crippen LogP contribution in [0.2, 0.25) is 0 Å². The second-order valence-electron chi connectivity index (χ2n) is 5.81. The van der Waals surface area contributed by atoms with Crippen LogP contribution in [0, 0.1) is 0 Å². The summed E-state index contributed by atoms with van der Waals surface area (Å²) in [5.74, 6) is 0.332. The van der Waals surface area contributed by atoms with Crippen LogP contribution in [-0.4, -0.2) is 0 Å². The quantitative estimate of drug-likeness (QED) is 0.437. The van der Waals surface area contributed by atoms with E-state index in [9.17, 15) is 4.57 Å². The molecule has 2 aromatic rings. The smallest absolute Gasteiger partial charge is 0.164 e. The third-order valence-electron chi connectivity index (χ3n) is 4.06. The second-order valence-corrected chi connectivity index (χ2v) is 8.28. The average molecular weight is 327 g/mol. The number of hydrogen-bond donors (Lipinski definition) is 0. The molecule has 0 N–H and O–H groups in total. The summed E-state index contributed by atoms with van der Waals surface area (Å²) in [6.07, 6.45) is 5.02. The SMILES string of the molecule is [2H]/C(=C(\CC)CCCCC)P(=O)(c1ccccc1)c1ccccc1. The van der Waals surface area contributed by atoms with Gasteiger partial charge in [0.05, 0.1) is 1.37 Å². The lowest BCUT2D eigenvalue weighted by molar-refractivity contribution is 0.591. The van der Waals surface area contributed by atoms with Crippen molar-refractivity contribution in [1.82, 2.24) is 0 Å². The molecule has 23 heavy (non-hydrogen) atoms. The Morgan fingerprint density at radius 1 is 0.957 bits per heavy atom. The van der Waals surface area contributed by atoms with Gasteiger partial charge in [-0.3, -0.25) is 0 Å². The lowest BCUT2D eigenvalue weighted by atomic mass is 10.1. The second kappa shape index (κ2) is 8.89. The first-order valence-corrected chi connectivity index (χ1v) is 10.3. The summed E-state index contributed by atoms with van der Waals surface area (Å²) < 4.78 is 22.9. The molecule has 0 fully saturated rings. The topological polar surface area (TPSA) is 17.1 Å². The molecular weight excluding hydrogens is 299 g/mol. The highest BCUT2D eigenvalue weighted by Crippen LogP contribution is 2.46. The van der Waals surface area contributed by atoms with Crippen molar-refractivity contribution in [2.75, 3.05) is 0 Å². The van der Waals surface area contributed by atoms with E-state index in [-0.39, 0.29) is 0 Å². The van der Waals surface area contributed by atoms with Crippen molar-refractivity contribution >= 4 is 17.8 Å². The van der Waals surface area contributed by atoms with E-state index in [2.05, 4.69) is 13.8 Å². The molecule has 0 atom stereocenters. The standard InChI is InChI=1S/C21H27OP/c1-3-5-8-13-19(4-2)18-23(22,20-14-9-6-10-15-20)21-16-11-7-12-17-21/h6-7,9-12,14-18H,3-5,8,13H2,1-2H3/b19-18-/i18D. The van der Waals surface area contributed by atoms with E-state index in [1.807, 2.05) is 60.7 Å². The molecule has 0 radical (unpaired) electrons. The predicted molar refractivity (Wildman–Crippen MR) is 102 cm³/mol. The van der Waals surface area contributed by atoms with Gasteiger partial charge < -0.3 is 4.57 Å². The Labute approximate surface area is 142 Å². The summed E-state index contributed by atoms with van der Waals surface area (Å²) in [4.78, 5) is 0. The van der Waals surface area contributed by atoms with Gasteiger partial charge in [-0.2, -0.15) is 0 Å². The summed E-state index contributed by atoms with van der Waals surface area (Å²) in [6.45, 7) is 4.24. The first-order chi connectivity index (χ1) is 11.6. The molecular formula is C21H27OP. The highest BCUT2D eigenvalue weighted by Gasteiger charge is 2.24. The fraction of sp³-hybridized carbons (Fsp3) is 0.333. The van der Waals surface area contributed by atoms with E-state index < -0.39 is 7.14 Å². The van der Waals surface area contributed by atoms with Gasteiger partial charge in [-0.15, -0.1) is 0 Å². The summed E-state index contributed by atoms with van der Waals surface area (Å²) in [5.41, 5.74) is 1.03. The number of allylic oxidation sites excluding steroid dienone is 1. The summed E-state index contributed by atoms with van der Waals surface area (Å²) >= 11 is 0. The van der Waals surface area contributed by atoms with Gasteiger partial charge in [-0.05, 0) is 25.1 Å². The molecule has 2 rings (SSSR count). The molecule has 2 aromatic carbocycles. The minimum atomic E-state index is -3.09. The maximum Gasteiger partial charge on any atom is 0.164 e. The molecule has 0 spiro atoms. The zero-order valence-corrected chi connectivity index (χ0v) is 15.1. The van der Waals surface area contributed by atoms with Gasteiger partial charge in [0.15, 0.2) is 7.14 Å². The number of benzene rings is 2. The van der Waals surface area contributed by atoms with Gasteiger partial charge in [-0.1, -0.05) is 92.9 Å². The van der Waals surface area contributed by atoms with Crippen molar-refractivity contribution in [3.8, 4) is 0 Å². The number of unbranched alkanes of at least 4 members (excludes halogenated alkanes) is 2. The fourth-order valence-corrected chi connectivity index (χ4v) is 5.13. The molecule has 122 valence electrons. The minimum absolute atomic E-state index is 0.332. The van der Waals surface area contributed by atoms with E-state index in [1.165, 1.54) is 0 Å². The van der Waals surface area contributed by atoms with E-state index in [4.69, 9.17) is 1.37 Å². The van der Waals surface area contributed by atoms with Gasteiger partial charge in [0.1, 0.15) is 0 Å². The zero-order chi connectivity index (χ0) is 17.4. The molecule has 0 aliphatic heterocycles. The predicted octanol–water partition coefficient (Wildman–Crippen LogP) is 5.87. The third kappa shape index (κ3) is 4.69. The van der Waals surface area contributed by atoms with Crippen molar-refractivity contribution in [1.29, 1.82) is 0 Å². The third-order valence-corrected chi connectivity index (χ3v) is 6.75.